The molecular weight excluding hydrogens is 196 g/mol. The van der Waals surface area contributed by atoms with Crippen molar-refractivity contribution < 1.29 is 0 Å². The van der Waals surface area contributed by atoms with Crippen LogP contribution in [0, 0.1) is 0 Å². The Morgan fingerprint density at radius 2 is 1.50 bits per heavy atom. The van der Waals surface area contributed by atoms with Crippen molar-refractivity contribution in [1.82, 2.24) is 9.80 Å². The van der Waals surface area contributed by atoms with Crippen molar-refractivity contribution in [2.45, 2.75) is 58.4 Å². The first-order chi connectivity index (χ1) is 7.77. The first-order valence-electron chi connectivity index (χ1n) is 7.20. The highest BCUT2D eigenvalue weighted by Gasteiger charge is 2.21. The number of likely N-dealkylation sites (tertiary alicyclic amines) is 1. The molecular formula is C14H30N2. The van der Waals surface area contributed by atoms with Crippen molar-refractivity contribution in [3.8, 4) is 0 Å². The molecule has 0 amide bonds. The summed E-state index contributed by atoms with van der Waals surface area (Å²) in [6.07, 6.45) is 8.16. The molecule has 0 aromatic rings. The summed E-state index contributed by atoms with van der Waals surface area (Å²) in [4.78, 5) is 5.23. The van der Waals surface area contributed by atoms with Crippen LogP contribution in [0.25, 0.3) is 0 Å². The third kappa shape index (κ3) is 4.84. The average Bonchev–Trinajstić information content (AvgIpc) is 2.31. The quantitative estimate of drug-likeness (QED) is 0.658. The lowest BCUT2D eigenvalue weighted by atomic mass is 10.0. The van der Waals surface area contributed by atoms with E-state index in [2.05, 4.69) is 30.7 Å². The Labute approximate surface area is 102 Å². The zero-order valence-electron chi connectivity index (χ0n) is 11.5. The number of nitrogens with zero attached hydrogens (tertiary/aromatic N) is 2. The Morgan fingerprint density at radius 1 is 1.00 bits per heavy atom. The predicted molar refractivity (Wildman–Crippen MR) is 71.9 cm³/mol. The lowest BCUT2D eigenvalue weighted by Crippen LogP contribution is -2.44. The predicted octanol–water partition coefficient (Wildman–Crippen LogP) is 2.98. The first-order valence-corrected chi connectivity index (χ1v) is 7.20. The molecule has 0 bridgehead atoms. The highest BCUT2D eigenvalue weighted by Crippen LogP contribution is 2.16. The summed E-state index contributed by atoms with van der Waals surface area (Å²) < 4.78 is 0. The van der Waals surface area contributed by atoms with E-state index in [1.807, 2.05) is 0 Å². The molecule has 0 N–H and O–H groups in total. The molecule has 1 aliphatic rings. The minimum atomic E-state index is 0.870. The summed E-state index contributed by atoms with van der Waals surface area (Å²) in [5.41, 5.74) is 0. The zero-order chi connectivity index (χ0) is 11.8. The lowest BCUT2D eigenvalue weighted by Gasteiger charge is -2.37. The SMILES string of the molecule is CCCCN(CCCC)C1CCN(C)CC1. The fourth-order valence-corrected chi connectivity index (χ4v) is 2.56. The molecule has 16 heavy (non-hydrogen) atoms. The first kappa shape index (κ1) is 14.0. The molecule has 1 aliphatic heterocycles. The van der Waals surface area contributed by atoms with Crippen molar-refractivity contribution >= 4 is 0 Å². The van der Waals surface area contributed by atoms with Gasteiger partial charge in [-0.2, -0.15) is 0 Å². The third-order valence-corrected chi connectivity index (χ3v) is 3.80. The molecule has 1 rings (SSSR count). The summed E-state index contributed by atoms with van der Waals surface area (Å²) >= 11 is 0. The average molecular weight is 226 g/mol. The highest BCUT2D eigenvalue weighted by molar-refractivity contribution is 4.78. The molecule has 96 valence electrons. The van der Waals surface area contributed by atoms with Crippen molar-refractivity contribution in [3.05, 3.63) is 0 Å². The van der Waals surface area contributed by atoms with Gasteiger partial charge in [0.2, 0.25) is 0 Å². The Balaban J connectivity index is 2.34. The Hall–Kier alpha value is -0.0800. The number of hydrogen-bond donors (Lipinski definition) is 0. The monoisotopic (exact) mass is 226 g/mol. The highest BCUT2D eigenvalue weighted by atomic mass is 15.2. The van der Waals surface area contributed by atoms with E-state index in [9.17, 15) is 0 Å². The maximum Gasteiger partial charge on any atom is 0.0120 e. The smallest absolute Gasteiger partial charge is 0.0120 e. The largest absolute Gasteiger partial charge is 0.306 e. The van der Waals surface area contributed by atoms with Crippen LogP contribution in [0.4, 0.5) is 0 Å². The van der Waals surface area contributed by atoms with Crippen LogP contribution in [0.5, 0.6) is 0 Å². The van der Waals surface area contributed by atoms with Crippen LogP contribution in [-0.4, -0.2) is 49.1 Å². The fraction of sp³-hybridized carbons (Fsp3) is 1.00. The molecule has 0 radical (unpaired) electrons. The molecule has 1 saturated heterocycles. The molecule has 1 fully saturated rings. The zero-order valence-corrected chi connectivity index (χ0v) is 11.5. The van der Waals surface area contributed by atoms with Gasteiger partial charge < -0.3 is 9.80 Å². The van der Waals surface area contributed by atoms with Crippen molar-refractivity contribution in [2.24, 2.45) is 0 Å². The maximum absolute atomic E-state index is 2.76. The van der Waals surface area contributed by atoms with E-state index in [1.165, 1.54) is 64.7 Å². The standard InChI is InChI=1S/C14H30N2/c1-4-6-10-16(11-7-5-2)14-8-12-15(3)13-9-14/h14H,4-13H2,1-3H3. The molecule has 0 aliphatic carbocycles. The molecule has 0 atom stereocenters. The van der Waals surface area contributed by atoms with E-state index < -0.39 is 0 Å². The summed E-state index contributed by atoms with van der Waals surface area (Å²) in [5.74, 6) is 0. The summed E-state index contributed by atoms with van der Waals surface area (Å²) in [6, 6.07) is 0.870. The summed E-state index contributed by atoms with van der Waals surface area (Å²) in [7, 11) is 2.25. The molecule has 0 unspecified atom stereocenters. The van der Waals surface area contributed by atoms with Gasteiger partial charge in [-0.05, 0) is 58.9 Å². The minimum Gasteiger partial charge on any atom is -0.306 e. The lowest BCUT2D eigenvalue weighted by molar-refractivity contribution is 0.118. The van der Waals surface area contributed by atoms with Crippen LogP contribution < -0.4 is 0 Å². The van der Waals surface area contributed by atoms with E-state index in [1.54, 1.807) is 0 Å². The van der Waals surface area contributed by atoms with Gasteiger partial charge in [0.05, 0.1) is 0 Å². The van der Waals surface area contributed by atoms with Crippen molar-refractivity contribution in [1.29, 1.82) is 0 Å². The molecule has 0 spiro atoms. The third-order valence-electron chi connectivity index (χ3n) is 3.80. The van der Waals surface area contributed by atoms with Gasteiger partial charge in [-0.1, -0.05) is 26.7 Å². The molecule has 0 saturated carbocycles. The van der Waals surface area contributed by atoms with Gasteiger partial charge in [-0.15, -0.1) is 0 Å². The van der Waals surface area contributed by atoms with E-state index in [-0.39, 0.29) is 0 Å². The van der Waals surface area contributed by atoms with E-state index in [4.69, 9.17) is 0 Å². The molecule has 2 heteroatoms. The van der Waals surface area contributed by atoms with Crippen molar-refractivity contribution in [3.63, 3.8) is 0 Å². The molecule has 0 aromatic heterocycles. The second kappa shape index (κ2) is 8.08. The summed E-state index contributed by atoms with van der Waals surface area (Å²) in [5, 5.41) is 0. The second-order valence-electron chi connectivity index (χ2n) is 5.28. The minimum absolute atomic E-state index is 0.870. The van der Waals surface area contributed by atoms with Gasteiger partial charge in [0, 0.05) is 6.04 Å². The normalized spacial score (nSPS) is 19.5. The summed E-state index contributed by atoms with van der Waals surface area (Å²) in [6.45, 7) is 9.83. The van der Waals surface area contributed by atoms with E-state index in [0.717, 1.165) is 6.04 Å². The number of hydrogen-bond acceptors (Lipinski definition) is 2. The number of unbranched alkanes of at least 4 members (excludes halogenated alkanes) is 2. The Morgan fingerprint density at radius 3 is 1.94 bits per heavy atom. The topological polar surface area (TPSA) is 6.48 Å². The fourth-order valence-electron chi connectivity index (χ4n) is 2.56. The van der Waals surface area contributed by atoms with Crippen LogP contribution in [0.15, 0.2) is 0 Å². The van der Waals surface area contributed by atoms with Crippen LogP contribution in [-0.2, 0) is 0 Å². The van der Waals surface area contributed by atoms with Gasteiger partial charge in [-0.3, -0.25) is 0 Å². The Kier molecular flexibility index (Phi) is 7.06. The van der Waals surface area contributed by atoms with Crippen molar-refractivity contribution in [2.75, 3.05) is 33.2 Å². The van der Waals surface area contributed by atoms with E-state index >= 15 is 0 Å². The van der Waals surface area contributed by atoms with Gasteiger partial charge in [-0.25, -0.2) is 0 Å². The Bertz CT molecular complexity index is 154. The van der Waals surface area contributed by atoms with Gasteiger partial charge in [0.25, 0.3) is 0 Å². The van der Waals surface area contributed by atoms with Gasteiger partial charge >= 0.3 is 0 Å². The van der Waals surface area contributed by atoms with Crippen LogP contribution in [0.2, 0.25) is 0 Å². The number of rotatable bonds is 7. The van der Waals surface area contributed by atoms with Gasteiger partial charge in [0.15, 0.2) is 0 Å². The second-order valence-corrected chi connectivity index (χ2v) is 5.28. The molecule has 2 nitrogen and oxygen atoms in total. The molecule has 0 aromatic carbocycles. The van der Waals surface area contributed by atoms with E-state index in [0.29, 0.717) is 0 Å². The van der Waals surface area contributed by atoms with Crippen LogP contribution >= 0.6 is 0 Å². The number of piperidine rings is 1. The maximum atomic E-state index is 2.76. The van der Waals surface area contributed by atoms with Crippen LogP contribution in [0.3, 0.4) is 0 Å². The van der Waals surface area contributed by atoms with Crippen LogP contribution in [0.1, 0.15) is 52.4 Å². The van der Waals surface area contributed by atoms with Gasteiger partial charge in [0.1, 0.15) is 0 Å². The molecule has 1 heterocycles.